The number of aryl methyl sites for hydroxylation is 1. The predicted molar refractivity (Wildman–Crippen MR) is 75.2 cm³/mol. The average molecular weight is 248 g/mol. The van der Waals surface area contributed by atoms with Gasteiger partial charge in [-0.15, -0.1) is 0 Å². The topological polar surface area (TPSA) is 55.1 Å². The number of nitrogens with two attached hydrogens (primary N) is 1. The van der Waals surface area contributed by atoms with Crippen LogP contribution in [0.1, 0.15) is 50.3 Å². The van der Waals surface area contributed by atoms with E-state index in [1.54, 1.807) is 0 Å². The molecule has 3 N–H and O–H groups in total. The van der Waals surface area contributed by atoms with Gasteiger partial charge in [0.05, 0.1) is 12.1 Å². The lowest BCUT2D eigenvalue weighted by molar-refractivity contribution is -0.123. The van der Waals surface area contributed by atoms with Gasteiger partial charge in [0.1, 0.15) is 0 Å². The van der Waals surface area contributed by atoms with E-state index in [2.05, 4.69) is 18.3 Å². The van der Waals surface area contributed by atoms with Crippen molar-refractivity contribution < 1.29 is 4.79 Å². The summed E-state index contributed by atoms with van der Waals surface area (Å²) in [5, 5.41) is 2.97. The Kier molecular flexibility index (Phi) is 5.86. The second-order valence-electron chi connectivity index (χ2n) is 4.89. The molecule has 0 radical (unpaired) electrons. The minimum Gasteiger partial charge on any atom is -0.348 e. The molecular formula is C15H24N2O. The van der Waals surface area contributed by atoms with E-state index in [4.69, 9.17) is 5.73 Å². The van der Waals surface area contributed by atoms with Crippen molar-refractivity contribution in [3.63, 3.8) is 0 Å². The van der Waals surface area contributed by atoms with E-state index < -0.39 is 6.04 Å². The van der Waals surface area contributed by atoms with Crippen LogP contribution >= 0.6 is 0 Å². The number of hydrogen-bond acceptors (Lipinski definition) is 2. The van der Waals surface area contributed by atoms with Crippen LogP contribution in [0.2, 0.25) is 0 Å². The summed E-state index contributed by atoms with van der Waals surface area (Å²) < 4.78 is 0. The van der Waals surface area contributed by atoms with Crippen molar-refractivity contribution in [2.24, 2.45) is 5.73 Å². The van der Waals surface area contributed by atoms with Crippen LogP contribution in [-0.4, -0.2) is 11.9 Å². The summed E-state index contributed by atoms with van der Waals surface area (Å²) >= 11 is 0. The molecule has 0 fully saturated rings. The molecule has 2 atom stereocenters. The van der Waals surface area contributed by atoms with E-state index in [-0.39, 0.29) is 11.9 Å². The molecule has 1 amide bonds. The second-order valence-corrected chi connectivity index (χ2v) is 4.89. The molecule has 1 aromatic carbocycles. The number of carbonyl (C=O) groups excluding carboxylic acids is 1. The maximum Gasteiger partial charge on any atom is 0.237 e. The van der Waals surface area contributed by atoms with Crippen molar-refractivity contribution in [1.82, 2.24) is 5.32 Å². The van der Waals surface area contributed by atoms with Crippen LogP contribution in [0.3, 0.4) is 0 Å². The third-order valence-corrected chi connectivity index (χ3v) is 3.11. The molecule has 3 heteroatoms. The monoisotopic (exact) mass is 248 g/mol. The van der Waals surface area contributed by atoms with Crippen molar-refractivity contribution in [3.8, 4) is 0 Å². The number of benzene rings is 1. The molecular weight excluding hydrogens is 224 g/mol. The minimum atomic E-state index is -0.391. The highest BCUT2D eigenvalue weighted by molar-refractivity contribution is 5.81. The van der Waals surface area contributed by atoms with Gasteiger partial charge in [0.25, 0.3) is 0 Å². The highest BCUT2D eigenvalue weighted by Crippen LogP contribution is 2.14. The first-order chi connectivity index (χ1) is 8.54. The standard InChI is InChI=1S/C15H24N2O/c1-4-5-9-14(16)15(18)17-12(3)13-8-6-7-11(2)10-13/h6-8,10,12,14H,4-5,9,16H2,1-3H3,(H,17,18)/t12-,14?/m1/s1. The van der Waals surface area contributed by atoms with E-state index in [9.17, 15) is 4.79 Å². The zero-order valence-electron chi connectivity index (χ0n) is 11.6. The van der Waals surface area contributed by atoms with Crippen LogP contribution in [0.15, 0.2) is 24.3 Å². The van der Waals surface area contributed by atoms with Gasteiger partial charge in [-0.3, -0.25) is 4.79 Å². The lowest BCUT2D eigenvalue weighted by atomic mass is 10.0. The molecule has 0 saturated carbocycles. The fraction of sp³-hybridized carbons (Fsp3) is 0.533. The van der Waals surface area contributed by atoms with Crippen molar-refractivity contribution in [3.05, 3.63) is 35.4 Å². The van der Waals surface area contributed by atoms with Gasteiger partial charge in [-0.05, 0) is 25.8 Å². The fourth-order valence-electron chi connectivity index (χ4n) is 1.90. The van der Waals surface area contributed by atoms with E-state index in [1.165, 1.54) is 5.56 Å². The summed E-state index contributed by atoms with van der Waals surface area (Å²) in [4.78, 5) is 11.9. The summed E-state index contributed by atoms with van der Waals surface area (Å²) in [7, 11) is 0. The number of nitrogens with one attached hydrogen (secondary N) is 1. The Morgan fingerprint density at radius 3 is 2.78 bits per heavy atom. The smallest absolute Gasteiger partial charge is 0.237 e. The molecule has 0 saturated heterocycles. The zero-order chi connectivity index (χ0) is 13.5. The Morgan fingerprint density at radius 2 is 2.17 bits per heavy atom. The van der Waals surface area contributed by atoms with Crippen LogP contribution in [0.25, 0.3) is 0 Å². The largest absolute Gasteiger partial charge is 0.348 e. The summed E-state index contributed by atoms with van der Waals surface area (Å²) in [6.07, 6.45) is 2.81. The highest BCUT2D eigenvalue weighted by Gasteiger charge is 2.15. The Morgan fingerprint density at radius 1 is 1.44 bits per heavy atom. The Labute approximate surface area is 110 Å². The molecule has 0 aliphatic heterocycles. The predicted octanol–water partition coefficient (Wildman–Crippen LogP) is 2.69. The van der Waals surface area contributed by atoms with E-state index in [0.717, 1.165) is 24.8 Å². The third kappa shape index (κ3) is 4.49. The molecule has 1 unspecified atom stereocenters. The fourth-order valence-corrected chi connectivity index (χ4v) is 1.90. The molecule has 0 aromatic heterocycles. The number of carbonyl (C=O) groups is 1. The molecule has 18 heavy (non-hydrogen) atoms. The van der Waals surface area contributed by atoms with Gasteiger partial charge in [0, 0.05) is 0 Å². The highest BCUT2D eigenvalue weighted by atomic mass is 16.2. The van der Waals surface area contributed by atoms with Gasteiger partial charge in [-0.25, -0.2) is 0 Å². The summed E-state index contributed by atoms with van der Waals surface area (Å²) in [6.45, 7) is 6.13. The van der Waals surface area contributed by atoms with Gasteiger partial charge in [0.2, 0.25) is 5.91 Å². The van der Waals surface area contributed by atoms with E-state index in [0.29, 0.717) is 0 Å². The molecule has 1 rings (SSSR count). The van der Waals surface area contributed by atoms with Crippen LogP contribution < -0.4 is 11.1 Å². The van der Waals surface area contributed by atoms with Gasteiger partial charge >= 0.3 is 0 Å². The Bertz CT molecular complexity index is 390. The molecule has 0 aliphatic rings. The number of amides is 1. The molecule has 0 aliphatic carbocycles. The first-order valence-electron chi connectivity index (χ1n) is 6.67. The van der Waals surface area contributed by atoms with E-state index >= 15 is 0 Å². The van der Waals surface area contributed by atoms with E-state index in [1.807, 2.05) is 32.0 Å². The molecule has 0 heterocycles. The van der Waals surface area contributed by atoms with Crippen LogP contribution in [0.4, 0.5) is 0 Å². The van der Waals surface area contributed by atoms with Gasteiger partial charge in [-0.2, -0.15) is 0 Å². The lowest BCUT2D eigenvalue weighted by Gasteiger charge is -2.18. The van der Waals surface area contributed by atoms with Crippen molar-refractivity contribution >= 4 is 5.91 Å². The van der Waals surface area contributed by atoms with Crippen molar-refractivity contribution in [2.75, 3.05) is 0 Å². The van der Waals surface area contributed by atoms with Crippen LogP contribution in [0.5, 0.6) is 0 Å². The first-order valence-corrected chi connectivity index (χ1v) is 6.67. The maximum atomic E-state index is 11.9. The maximum absolute atomic E-state index is 11.9. The molecule has 3 nitrogen and oxygen atoms in total. The Hall–Kier alpha value is -1.35. The summed E-state index contributed by atoms with van der Waals surface area (Å²) in [6, 6.07) is 7.77. The molecule has 100 valence electrons. The second kappa shape index (κ2) is 7.17. The normalized spacial score (nSPS) is 14.0. The number of unbranched alkanes of at least 4 members (excludes halogenated alkanes) is 1. The SMILES string of the molecule is CCCCC(N)C(=O)N[C@H](C)c1cccc(C)c1. The van der Waals surface area contributed by atoms with Gasteiger partial charge < -0.3 is 11.1 Å². The van der Waals surface area contributed by atoms with Crippen molar-refractivity contribution in [1.29, 1.82) is 0 Å². The lowest BCUT2D eigenvalue weighted by Crippen LogP contribution is -2.41. The Balaban J connectivity index is 2.54. The first kappa shape index (κ1) is 14.7. The summed E-state index contributed by atoms with van der Waals surface area (Å²) in [5.74, 6) is -0.0579. The quantitative estimate of drug-likeness (QED) is 0.813. The van der Waals surface area contributed by atoms with Crippen molar-refractivity contribution in [2.45, 2.75) is 52.1 Å². The third-order valence-electron chi connectivity index (χ3n) is 3.11. The summed E-state index contributed by atoms with van der Waals surface area (Å²) in [5.41, 5.74) is 8.16. The minimum absolute atomic E-state index is 0.00470. The van der Waals surface area contributed by atoms with Crippen LogP contribution in [0, 0.1) is 6.92 Å². The molecule has 0 spiro atoms. The van der Waals surface area contributed by atoms with Crippen LogP contribution in [-0.2, 0) is 4.79 Å². The number of rotatable bonds is 6. The number of hydrogen-bond donors (Lipinski definition) is 2. The van der Waals surface area contributed by atoms with Gasteiger partial charge in [-0.1, -0.05) is 49.6 Å². The zero-order valence-corrected chi connectivity index (χ0v) is 11.6. The van der Waals surface area contributed by atoms with Gasteiger partial charge in [0.15, 0.2) is 0 Å². The molecule has 1 aromatic rings. The average Bonchev–Trinajstić information content (AvgIpc) is 2.35. The molecule has 0 bridgehead atoms.